The lowest BCUT2D eigenvalue weighted by Crippen LogP contribution is -2.52. The molecule has 5 rings (SSSR count). The molecule has 0 unspecified atom stereocenters. The van der Waals surface area contributed by atoms with E-state index in [4.69, 9.17) is 4.98 Å². The fraction of sp³-hybridized carbons (Fsp3) is 0.440. The first-order chi connectivity index (χ1) is 16.7. The molecule has 2 aliphatic heterocycles. The van der Waals surface area contributed by atoms with E-state index in [0.717, 1.165) is 35.9 Å². The Labute approximate surface area is 209 Å². The van der Waals surface area contributed by atoms with Gasteiger partial charge < -0.3 is 9.80 Å². The minimum atomic E-state index is -3.68. The van der Waals surface area contributed by atoms with Crippen LogP contribution in [-0.2, 0) is 14.8 Å². The SMILES string of the molecule is Cc1cc(C)c2nc(N3CCN(C(=O)C4CCN(S(=O)(=O)c5ccc(F)cc5)CC4)CC3)sc2c1. The van der Waals surface area contributed by atoms with Crippen LogP contribution in [0.15, 0.2) is 41.3 Å². The Balaban J connectivity index is 1.17. The van der Waals surface area contributed by atoms with Crippen molar-refractivity contribution in [3.05, 3.63) is 53.3 Å². The van der Waals surface area contributed by atoms with Crippen molar-refractivity contribution in [1.29, 1.82) is 0 Å². The molecule has 0 saturated carbocycles. The molecule has 0 bridgehead atoms. The highest BCUT2D eigenvalue weighted by Crippen LogP contribution is 2.32. The van der Waals surface area contributed by atoms with E-state index in [1.165, 1.54) is 32.3 Å². The second-order valence-electron chi connectivity index (χ2n) is 9.37. The van der Waals surface area contributed by atoms with Crippen LogP contribution in [0.2, 0.25) is 0 Å². The summed E-state index contributed by atoms with van der Waals surface area (Å²) >= 11 is 1.70. The monoisotopic (exact) mass is 516 g/mol. The summed E-state index contributed by atoms with van der Waals surface area (Å²) in [6, 6.07) is 9.20. The smallest absolute Gasteiger partial charge is 0.243 e. The molecule has 10 heteroatoms. The summed E-state index contributed by atoms with van der Waals surface area (Å²) in [5, 5.41) is 1.00. The Morgan fingerprint density at radius 1 is 1.00 bits per heavy atom. The molecule has 35 heavy (non-hydrogen) atoms. The second kappa shape index (κ2) is 9.48. The summed E-state index contributed by atoms with van der Waals surface area (Å²) in [4.78, 5) is 22.3. The molecule has 0 radical (unpaired) electrons. The van der Waals surface area contributed by atoms with Gasteiger partial charge in [-0.1, -0.05) is 17.4 Å². The van der Waals surface area contributed by atoms with Crippen LogP contribution in [0.25, 0.3) is 10.2 Å². The number of anilines is 1. The molecule has 0 atom stereocenters. The maximum absolute atomic E-state index is 13.2. The van der Waals surface area contributed by atoms with Crippen molar-refractivity contribution in [2.45, 2.75) is 31.6 Å². The van der Waals surface area contributed by atoms with Gasteiger partial charge in [-0.3, -0.25) is 4.79 Å². The van der Waals surface area contributed by atoms with Gasteiger partial charge in [0.2, 0.25) is 15.9 Å². The fourth-order valence-corrected chi connectivity index (χ4v) is 7.63. The van der Waals surface area contributed by atoms with Gasteiger partial charge in [-0.15, -0.1) is 0 Å². The summed E-state index contributed by atoms with van der Waals surface area (Å²) in [6.07, 6.45) is 0.992. The predicted octanol–water partition coefficient (Wildman–Crippen LogP) is 3.80. The number of piperazine rings is 1. The number of piperidine rings is 1. The quantitative estimate of drug-likeness (QED) is 0.527. The zero-order valence-corrected chi connectivity index (χ0v) is 21.5. The highest BCUT2D eigenvalue weighted by atomic mass is 32.2. The van der Waals surface area contributed by atoms with Crippen molar-refractivity contribution in [2.24, 2.45) is 5.92 Å². The van der Waals surface area contributed by atoms with Gasteiger partial charge in [0, 0.05) is 45.2 Å². The third-order valence-corrected chi connectivity index (χ3v) is 9.91. The molecular weight excluding hydrogens is 487 g/mol. The minimum absolute atomic E-state index is 0.0833. The molecule has 0 spiro atoms. The van der Waals surface area contributed by atoms with E-state index in [1.807, 2.05) is 4.90 Å². The number of aromatic nitrogens is 1. The standard InChI is InChI=1S/C25H29FN4O3S2/c1-17-15-18(2)23-22(16-17)34-25(27-23)29-13-11-28(12-14-29)24(31)19-7-9-30(10-8-19)35(32,33)21-5-3-20(26)4-6-21/h3-6,15-16,19H,7-14H2,1-2H3. The van der Waals surface area contributed by atoms with E-state index >= 15 is 0 Å². The van der Waals surface area contributed by atoms with E-state index in [0.29, 0.717) is 39.0 Å². The van der Waals surface area contributed by atoms with Crippen molar-refractivity contribution >= 4 is 42.6 Å². The van der Waals surface area contributed by atoms with Crippen LogP contribution in [-0.4, -0.2) is 67.8 Å². The highest BCUT2D eigenvalue weighted by Gasteiger charge is 2.35. The van der Waals surface area contributed by atoms with Gasteiger partial charge in [-0.25, -0.2) is 17.8 Å². The number of carbonyl (C=O) groups excluding carboxylic acids is 1. The molecule has 1 aromatic heterocycles. The number of carbonyl (C=O) groups is 1. The van der Waals surface area contributed by atoms with E-state index < -0.39 is 15.8 Å². The first kappa shape index (κ1) is 24.1. The molecule has 186 valence electrons. The third-order valence-electron chi connectivity index (χ3n) is 6.93. The number of nitrogens with zero attached hydrogens (tertiary/aromatic N) is 4. The Morgan fingerprint density at radius 2 is 1.66 bits per heavy atom. The topological polar surface area (TPSA) is 73.8 Å². The molecule has 0 aliphatic carbocycles. The number of hydrogen-bond acceptors (Lipinski definition) is 6. The van der Waals surface area contributed by atoms with Gasteiger partial charge in [0.25, 0.3) is 0 Å². The Morgan fingerprint density at radius 3 is 2.31 bits per heavy atom. The van der Waals surface area contributed by atoms with Gasteiger partial charge in [-0.05, 0) is 68.1 Å². The van der Waals surface area contributed by atoms with Gasteiger partial charge in [0.15, 0.2) is 5.13 Å². The average molecular weight is 517 g/mol. The van der Waals surface area contributed by atoms with Gasteiger partial charge >= 0.3 is 0 Å². The van der Waals surface area contributed by atoms with Crippen LogP contribution in [0.3, 0.4) is 0 Å². The number of rotatable bonds is 4. The highest BCUT2D eigenvalue weighted by molar-refractivity contribution is 7.89. The summed E-state index contributed by atoms with van der Waals surface area (Å²) in [6.45, 7) is 7.52. The molecule has 2 aliphatic rings. The maximum Gasteiger partial charge on any atom is 0.243 e. The van der Waals surface area contributed by atoms with Crippen LogP contribution >= 0.6 is 11.3 Å². The van der Waals surface area contributed by atoms with Crippen molar-refractivity contribution in [3.8, 4) is 0 Å². The lowest BCUT2D eigenvalue weighted by molar-refractivity contribution is -0.137. The molecular formula is C25H29FN4O3S2. The average Bonchev–Trinajstić information content (AvgIpc) is 3.28. The van der Waals surface area contributed by atoms with Crippen molar-refractivity contribution < 1.29 is 17.6 Å². The molecule has 7 nitrogen and oxygen atoms in total. The number of amides is 1. The first-order valence-corrected chi connectivity index (χ1v) is 14.2. The summed E-state index contributed by atoms with van der Waals surface area (Å²) in [7, 11) is -3.68. The van der Waals surface area contributed by atoms with E-state index in [1.54, 1.807) is 11.3 Å². The van der Waals surface area contributed by atoms with Crippen LogP contribution in [0.5, 0.6) is 0 Å². The second-order valence-corrected chi connectivity index (χ2v) is 12.3. The van der Waals surface area contributed by atoms with E-state index in [2.05, 4.69) is 30.9 Å². The molecule has 2 fully saturated rings. The maximum atomic E-state index is 13.2. The number of hydrogen-bond donors (Lipinski definition) is 0. The van der Waals surface area contributed by atoms with Gasteiger partial charge in [-0.2, -0.15) is 4.31 Å². The van der Waals surface area contributed by atoms with Crippen molar-refractivity contribution in [2.75, 3.05) is 44.2 Å². The van der Waals surface area contributed by atoms with Crippen LogP contribution in [0, 0.1) is 25.6 Å². The molecule has 2 aromatic carbocycles. The van der Waals surface area contributed by atoms with Crippen molar-refractivity contribution in [1.82, 2.24) is 14.2 Å². The molecule has 3 heterocycles. The number of halogens is 1. The zero-order chi connectivity index (χ0) is 24.7. The Hall–Kier alpha value is -2.56. The van der Waals surface area contributed by atoms with Crippen molar-refractivity contribution in [3.63, 3.8) is 0 Å². The van der Waals surface area contributed by atoms with Gasteiger partial charge in [0.1, 0.15) is 5.82 Å². The molecule has 3 aromatic rings. The minimum Gasteiger partial charge on any atom is -0.345 e. The number of thiazole rings is 1. The number of fused-ring (bicyclic) bond motifs is 1. The number of benzene rings is 2. The van der Waals surface area contributed by atoms with Crippen LogP contribution in [0.4, 0.5) is 9.52 Å². The lowest BCUT2D eigenvalue weighted by Gasteiger charge is -2.38. The molecule has 0 N–H and O–H groups in total. The molecule has 2 saturated heterocycles. The van der Waals surface area contributed by atoms with Crippen LogP contribution in [0.1, 0.15) is 24.0 Å². The Bertz CT molecular complexity index is 1340. The number of sulfonamides is 1. The largest absolute Gasteiger partial charge is 0.345 e. The van der Waals surface area contributed by atoms with Gasteiger partial charge in [0.05, 0.1) is 15.1 Å². The van der Waals surface area contributed by atoms with E-state index in [9.17, 15) is 17.6 Å². The molecule has 1 amide bonds. The van der Waals surface area contributed by atoms with E-state index in [-0.39, 0.29) is 16.7 Å². The lowest BCUT2D eigenvalue weighted by atomic mass is 9.96. The number of aryl methyl sites for hydroxylation is 2. The van der Waals surface area contributed by atoms with Crippen LogP contribution < -0.4 is 4.90 Å². The predicted molar refractivity (Wildman–Crippen MR) is 136 cm³/mol. The fourth-order valence-electron chi connectivity index (χ4n) is 4.97. The Kier molecular flexibility index (Phi) is 6.54. The normalized spacial score (nSPS) is 18.4. The summed E-state index contributed by atoms with van der Waals surface area (Å²) in [5.74, 6) is -0.532. The summed E-state index contributed by atoms with van der Waals surface area (Å²) < 4.78 is 41.5. The first-order valence-electron chi connectivity index (χ1n) is 11.9. The zero-order valence-electron chi connectivity index (χ0n) is 19.9. The summed E-state index contributed by atoms with van der Waals surface area (Å²) in [5.41, 5.74) is 3.47. The third kappa shape index (κ3) is 4.79.